The average Bonchev–Trinajstić information content (AvgIpc) is 2.38. The molecule has 2 nitrogen and oxygen atoms in total. The van der Waals surface area contributed by atoms with Crippen LogP contribution in [0.4, 0.5) is 4.39 Å². The maximum Gasteiger partial charge on any atom is 0.335 e. The molecule has 7 heteroatoms. The van der Waals surface area contributed by atoms with E-state index >= 15 is 0 Å². The molecule has 0 amide bonds. The Kier molecular flexibility index (Phi) is 4.45. The van der Waals surface area contributed by atoms with Crippen LogP contribution in [0.3, 0.4) is 0 Å². The molecule has 0 aliphatic carbocycles. The van der Waals surface area contributed by atoms with Crippen molar-refractivity contribution in [3.05, 3.63) is 55.7 Å². The molecule has 0 atom stereocenters. The highest BCUT2D eigenvalue weighted by atomic mass is 35.5. The molecule has 0 aliphatic heterocycles. The summed E-state index contributed by atoms with van der Waals surface area (Å²) < 4.78 is 14.1. The second kappa shape index (κ2) is 5.78. The minimum absolute atomic E-state index is 0.0226. The maximum atomic E-state index is 14.1. The number of carbonyl (C=O) groups is 1. The Hall–Kier alpha value is -1.000. The van der Waals surface area contributed by atoms with Crippen molar-refractivity contribution in [1.29, 1.82) is 0 Å². The Labute approximate surface area is 133 Å². The van der Waals surface area contributed by atoms with E-state index < -0.39 is 11.8 Å². The van der Waals surface area contributed by atoms with Gasteiger partial charge >= 0.3 is 5.97 Å². The smallest absolute Gasteiger partial charge is 0.335 e. The van der Waals surface area contributed by atoms with Crippen LogP contribution in [-0.4, -0.2) is 11.1 Å². The lowest BCUT2D eigenvalue weighted by Crippen LogP contribution is -1.98. The van der Waals surface area contributed by atoms with Crippen LogP contribution in [-0.2, 0) is 0 Å². The zero-order valence-corrected chi connectivity index (χ0v) is 12.6. The van der Waals surface area contributed by atoms with Crippen molar-refractivity contribution in [3.8, 4) is 11.1 Å². The van der Waals surface area contributed by atoms with Gasteiger partial charge in [-0.1, -0.05) is 52.5 Å². The standard InChI is InChI=1S/C13H5Cl4FO2/c14-7-4-8(15)12(17)10(11(7)16)6-2-1-5(13(19)20)3-9(6)18/h1-4H,(H,19,20). The van der Waals surface area contributed by atoms with Gasteiger partial charge in [-0.2, -0.15) is 0 Å². The molecular weight excluding hydrogens is 349 g/mol. The molecule has 0 bridgehead atoms. The van der Waals surface area contributed by atoms with Crippen LogP contribution in [0.25, 0.3) is 11.1 Å². The van der Waals surface area contributed by atoms with E-state index in [0.717, 1.165) is 6.07 Å². The number of benzene rings is 2. The number of halogens is 5. The molecule has 2 aromatic carbocycles. The predicted octanol–water partition coefficient (Wildman–Crippen LogP) is 5.80. The van der Waals surface area contributed by atoms with Gasteiger partial charge in [-0.15, -0.1) is 0 Å². The largest absolute Gasteiger partial charge is 0.478 e. The van der Waals surface area contributed by atoms with Gasteiger partial charge in [0.1, 0.15) is 5.82 Å². The van der Waals surface area contributed by atoms with Crippen molar-refractivity contribution < 1.29 is 14.3 Å². The molecule has 0 spiro atoms. The first-order chi connectivity index (χ1) is 9.32. The third-order valence-electron chi connectivity index (χ3n) is 2.60. The summed E-state index contributed by atoms with van der Waals surface area (Å²) in [6, 6.07) is 4.72. The molecule has 20 heavy (non-hydrogen) atoms. The fourth-order valence-corrected chi connectivity index (χ4v) is 2.67. The average molecular weight is 354 g/mol. The van der Waals surface area contributed by atoms with Crippen LogP contribution in [0.5, 0.6) is 0 Å². The molecule has 0 unspecified atom stereocenters. The van der Waals surface area contributed by atoms with Crippen molar-refractivity contribution >= 4 is 52.4 Å². The van der Waals surface area contributed by atoms with Crippen molar-refractivity contribution in [3.63, 3.8) is 0 Å². The van der Waals surface area contributed by atoms with Crippen molar-refractivity contribution in [2.24, 2.45) is 0 Å². The van der Waals surface area contributed by atoms with Crippen LogP contribution < -0.4 is 0 Å². The molecule has 2 rings (SSSR count). The fourth-order valence-electron chi connectivity index (χ4n) is 1.66. The highest BCUT2D eigenvalue weighted by molar-refractivity contribution is 6.50. The number of hydrogen-bond donors (Lipinski definition) is 1. The minimum atomic E-state index is -1.24. The molecule has 1 N–H and O–H groups in total. The molecule has 0 radical (unpaired) electrons. The lowest BCUT2D eigenvalue weighted by atomic mass is 10.0. The molecule has 0 aliphatic rings. The number of rotatable bonds is 2. The number of carboxylic acids is 1. The quantitative estimate of drug-likeness (QED) is 0.692. The van der Waals surface area contributed by atoms with E-state index in [1.807, 2.05) is 0 Å². The Morgan fingerprint density at radius 2 is 1.55 bits per heavy atom. The van der Waals surface area contributed by atoms with Crippen LogP contribution >= 0.6 is 46.4 Å². The van der Waals surface area contributed by atoms with E-state index in [4.69, 9.17) is 51.5 Å². The summed E-state index contributed by atoms with van der Waals surface area (Å²) in [4.78, 5) is 10.8. The zero-order valence-electron chi connectivity index (χ0n) is 9.55. The first-order valence-corrected chi connectivity index (χ1v) is 6.70. The first-order valence-electron chi connectivity index (χ1n) is 5.19. The second-order valence-electron chi connectivity index (χ2n) is 3.84. The van der Waals surface area contributed by atoms with Crippen molar-refractivity contribution in [2.75, 3.05) is 0 Å². The molecule has 0 saturated heterocycles. The van der Waals surface area contributed by atoms with Gasteiger partial charge in [0.05, 0.1) is 25.7 Å². The zero-order chi connectivity index (χ0) is 15.0. The Balaban J connectivity index is 2.72. The fraction of sp³-hybridized carbons (Fsp3) is 0. The monoisotopic (exact) mass is 352 g/mol. The van der Waals surface area contributed by atoms with E-state index in [0.29, 0.717) is 0 Å². The van der Waals surface area contributed by atoms with E-state index in [1.54, 1.807) is 0 Å². The molecule has 0 saturated carbocycles. The first kappa shape index (κ1) is 15.4. The summed E-state index contributed by atoms with van der Waals surface area (Å²) in [5.41, 5.74) is -0.0405. The van der Waals surface area contributed by atoms with E-state index in [9.17, 15) is 9.18 Å². The highest BCUT2D eigenvalue weighted by Crippen LogP contribution is 2.44. The van der Waals surface area contributed by atoms with Gasteiger partial charge < -0.3 is 5.11 Å². The molecular formula is C13H5Cl4FO2. The predicted molar refractivity (Wildman–Crippen MR) is 78.8 cm³/mol. The van der Waals surface area contributed by atoms with E-state index in [1.165, 1.54) is 18.2 Å². The third kappa shape index (κ3) is 2.72. The maximum absolute atomic E-state index is 14.1. The van der Waals surface area contributed by atoms with Crippen LogP contribution in [0.1, 0.15) is 10.4 Å². The topological polar surface area (TPSA) is 37.3 Å². The lowest BCUT2D eigenvalue weighted by molar-refractivity contribution is 0.0696. The van der Waals surface area contributed by atoms with Crippen molar-refractivity contribution in [1.82, 2.24) is 0 Å². The Morgan fingerprint density at radius 3 is 2.00 bits per heavy atom. The normalized spacial score (nSPS) is 10.7. The SMILES string of the molecule is O=C(O)c1ccc(-c2c(Cl)c(Cl)cc(Cl)c2Cl)c(F)c1. The molecule has 2 aromatic rings. The summed E-state index contributed by atoms with van der Waals surface area (Å²) in [5, 5.41) is 9.14. The van der Waals surface area contributed by atoms with Crippen LogP contribution in [0.2, 0.25) is 20.1 Å². The van der Waals surface area contributed by atoms with Gasteiger partial charge in [0.25, 0.3) is 0 Å². The van der Waals surface area contributed by atoms with E-state index in [2.05, 4.69) is 0 Å². The Bertz CT molecular complexity index is 690. The lowest BCUT2D eigenvalue weighted by Gasteiger charge is -2.11. The summed E-state index contributed by atoms with van der Waals surface area (Å²) in [7, 11) is 0. The molecule has 0 aromatic heterocycles. The van der Waals surface area contributed by atoms with Gasteiger partial charge in [0.15, 0.2) is 0 Å². The summed E-state index contributed by atoms with van der Waals surface area (Å²) in [6.45, 7) is 0. The highest BCUT2D eigenvalue weighted by Gasteiger charge is 2.19. The van der Waals surface area contributed by atoms with Crippen LogP contribution in [0, 0.1) is 5.82 Å². The Morgan fingerprint density at radius 1 is 1.00 bits per heavy atom. The third-order valence-corrected chi connectivity index (χ3v) is 4.17. The summed E-state index contributed by atoms with van der Waals surface area (Å²) in [6.07, 6.45) is 0. The van der Waals surface area contributed by atoms with Gasteiger partial charge in [0, 0.05) is 11.1 Å². The molecule has 0 fully saturated rings. The molecule has 0 heterocycles. The van der Waals surface area contributed by atoms with E-state index in [-0.39, 0.29) is 36.8 Å². The van der Waals surface area contributed by atoms with Crippen LogP contribution in [0.15, 0.2) is 24.3 Å². The van der Waals surface area contributed by atoms with Gasteiger partial charge in [-0.3, -0.25) is 0 Å². The van der Waals surface area contributed by atoms with Crippen molar-refractivity contribution in [2.45, 2.75) is 0 Å². The summed E-state index contributed by atoms with van der Waals surface area (Å²) in [5.74, 6) is -2.02. The number of carboxylic acid groups (broad SMARTS) is 1. The number of aromatic carboxylic acids is 1. The summed E-state index contributed by atoms with van der Waals surface area (Å²) >= 11 is 23.8. The number of hydrogen-bond acceptors (Lipinski definition) is 1. The van der Waals surface area contributed by atoms with Gasteiger partial charge in [0.2, 0.25) is 0 Å². The minimum Gasteiger partial charge on any atom is -0.478 e. The second-order valence-corrected chi connectivity index (χ2v) is 5.41. The van der Waals surface area contributed by atoms with Gasteiger partial charge in [-0.05, 0) is 18.2 Å². The molecule has 104 valence electrons. The van der Waals surface area contributed by atoms with Gasteiger partial charge in [-0.25, -0.2) is 9.18 Å².